The van der Waals surface area contributed by atoms with Gasteiger partial charge in [0.05, 0.1) is 5.41 Å². The van der Waals surface area contributed by atoms with E-state index in [1.165, 1.54) is 0 Å². The molecule has 0 saturated carbocycles. The summed E-state index contributed by atoms with van der Waals surface area (Å²) in [4.78, 5) is 25.1. The predicted octanol–water partition coefficient (Wildman–Crippen LogP) is 3.27. The Morgan fingerprint density at radius 3 is 2.72 bits per heavy atom. The van der Waals surface area contributed by atoms with Crippen molar-refractivity contribution in [3.05, 3.63) is 58.7 Å². The summed E-state index contributed by atoms with van der Waals surface area (Å²) < 4.78 is 0. The van der Waals surface area contributed by atoms with Gasteiger partial charge in [-0.3, -0.25) is 9.59 Å². The summed E-state index contributed by atoms with van der Waals surface area (Å²) in [6, 6.07) is 5.49. The van der Waals surface area contributed by atoms with Crippen molar-refractivity contribution in [3.8, 4) is 0 Å². The molecule has 0 aromatic heterocycles. The molecule has 0 spiro atoms. The number of rotatable bonds is 0. The topological polar surface area (TPSA) is 34.1 Å². The van der Waals surface area contributed by atoms with Crippen molar-refractivity contribution in [2.45, 2.75) is 20.3 Å². The van der Waals surface area contributed by atoms with Crippen molar-refractivity contribution in [2.75, 3.05) is 0 Å². The number of hydrogen-bond acceptors (Lipinski definition) is 2. The second-order valence-corrected chi connectivity index (χ2v) is 5.25. The molecule has 1 atom stereocenters. The minimum atomic E-state index is -0.673. The van der Waals surface area contributed by atoms with Crippen molar-refractivity contribution in [2.24, 2.45) is 5.41 Å². The van der Waals surface area contributed by atoms with Gasteiger partial charge in [0.25, 0.3) is 0 Å². The first-order valence-electron chi connectivity index (χ1n) is 6.11. The molecule has 90 valence electrons. The predicted molar refractivity (Wildman–Crippen MR) is 69.8 cm³/mol. The Balaban J connectivity index is 2.30. The number of benzene rings is 1. The molecule has 2 aliphatic carbocycles. The zero-order chi connectivity index (χ0) is 12.9. The molecule has 2 heteroatoms. The normalized spacial score (nSPS) is 25.6. The number of carbonyl (C=O) groups excluding carboxylic acids is 2. The summed E-state index contributed by atoms with van der Waals surface area (Å²) >= 11 is 0. The molecule has 3 rings (SSSR count). The van der Waals surface area contributed by atoms with Crippen LogP contribution in [0.5, 0.6) is 0 Å². The molecule has 1 aromatic carbocycles. The summed E-state index contributed by atoms with van der Waals surface area (Å²) in [5.41, 5.74) is 2.09. The zero-order valence-electron chi connectivity index (χ0n) is 10.5. The molecule has 0 saturated heterocycles. The SMILES string of the molecule is Cc1ccc2c(c1)C(=O)C1=CC=CCC1(C)C2=O. The molecular weight excluding hydrogens is 224 g/mol. The molecule has 2 aliphatic rings. The molecule has 2 nitrogen and oxygen atoms in total. The van der Waals surface area contributed by atoms with Gasteiger partial charge in [-0.25, -0.2) is 0 Å². The van der Waals surface area contributed by atoms with Crippen LogP contribution in [-0.2, 0) is 0 Å². The number of Topliss-reactive ketones (excluding diaryl/α,β-unsaturated/α-hetero) is 2. The first kappa shape index (κ1) is 11.1. The van der Waals surface area contributed by atoms with Gasteiger partial charge in [0.1, 0.15) is 0 Å². The van der Waals surface area contributed by atoms with E-state index in [0.717, 1.165) is 5.56 Å². The van der Waals surface area contributed by atoms with Crippen LogP contribution in [0.15, 0.2) is 42.0 Å². The Morgan fingerprint density at radius 2 is 1.94 bits per heavy atom. The van der Waals surface area contributed by atoms with Gasteiger partial charge in [-0.1, -0.05) is 35.9 Å². The highest BCUT2D eigenvalue weighted by molar-refractivity contribution is 6.25. The largest absolute Gasteiger partial charge is 0.293 e. The second kappa shape index (κ2) is 3.52. The van der Waals surface area contributed by atoms with Gasteiger partial charge in [-0.05, 0) is 26.3 Å². The van der Waals surface area contributed by atoms with E-state index in [-0.39, 0.29) is 11.6 Å². The summed E-state index contributed by atoms with van der Waals surface area (Å²) in [6.45, 7) is 3.80. The summed E-state index contributed by atoms with van der Waals surface area (Å²) in [5.74, 6) is 0.0628. The van der Waals surface area contributed by atoms with E-state index in [9.17, 15) is 9.59 Å². The van der Waals surface area contributed by atoms with Crippen molar-refractivity contribution < 1.29 is 9.59 Å². The maximum atomic E-state index is 12.6. The second-order valence-electron chi connectivity index (χ2n) is 5.25. The minimum absolute atomic E-state index is 0.000139. The van der Waals surface area contributed by atoms with E-state index in [4.69, 9.17) is 0 Å². The Labute approximate surface area is 106 Å². The molecule has 0 fully saturated rings. The number of allylic oxidation sites excluding steroid dienone is 4. The third-order valence-corrected chi connectivity index (χ3v) is 3.93. The fourth-order valence-corrected chi connectivity index (χ4v) is 2.79. The lowest BCUT2D eigenvalue weighted by molar-refractivity contribution is 0.0800. The van der Waals surface area contributed by atoms with Crippen LogP contribution in [0, 0.1) is 12.3 Å². The summed E-state index contributed by atoms with van der Waals surface area (Å²) in [6.07, 6.45) is 6.21. The highest BCUT2D eigenvalue weighted by Gasteiger charge is 2.46. The first-order valence-corrected chi connectivity index (χ1v) is 6.11. The van der Waals surface area contributed by atoms with E-state index in [2.05, 4.69) is 0 Å². The quantitative estimate of drug-likeness (QED) is 0.695. The zero-order valence-corrected chi connectivity index (χ0v) is 10.5. The van der Waals surface area contributed by atoms with Crippen LogP contribution < -0.4 is 0 Å². The molecule has 0 aliphatic heterocycles. The monoisotopic (exact) mass is 238 g/mol. The Morgan fingerprint density at radius 1 is 1.17 bits per heavy atom. The van der Waals surface area contributed by atoms with Crippen molar-refractivity contribution in [3.63, 3.8) is 0 Å². The standard InChI is InChI=1S/C16H14O2/c1-10-6-7-11-12(9-10)14(17)13-5-3-4-8-16(13,2)15(11)18/h3-7,9H,8H2,1-2H3. The number of aryl methyl sites for hydroxylation is 1. The van der Waals surface area contributed by atoms with Crippen LogP contribution in [0.4, 0.5) is 0 Å². The molecular formula is C16H14O2. The summed E-state index contributed by atoms with van der Waals surface area (Å²) in [5, 5.41) is 0. The molecule has 0 radical (unpaired) electrons. The molecule has 0 heterocycles. The van der Waals surface area contributed by atoms with Crippen molar-refractivity contribution in [1.82, 2.24) is 0 Å². The Hall–Kier alpha value is -1.96. The van der Waals surface area contributed by atoms with E-state index < -0.39 is 5.41 Å². The molecule has 1 aromatic rings. The minimum Gasteiger partial charge on any atom is -0.293 e. The highest BCUT2D eigenvalue weighted by Crippen LogP contribution is 2.44. The van der Waals surface area contributed by atoms with Crippen molar-refractivity contribution in [1.29, 1.82) is 0 Å². The molecule has 0 N–H and O–H groups in total. The van der Waals surface area contributed by atoms with E-state index in [1.54, 1.807) is 12.1 Å². The van der Waals surface area contributed by atoms with Gasteiger partial charge in [-0.2, -0.15) is 0 Å². The maximum absolute atomic E-state index is 12.6. The van der Waals surface area contributed by atoms with Gasteiger partial charge in [-0.15, -0.1) is 0 Å². The number of carbonyl (C=O) groups is 2. The number of hydrogen-bond donors (Lipinski definition) is 0. The fourth-order valence-electron chi connectivity index (χ4n) is 2.79. The number of fused-ring (bicyclic) bond motifs is 2. The first-order chi connectivity index (χ1) is 8.54. The van der Waals surface area contributed by atoms with Crippen LogP contribution in [0.25, 0.3) is 0 Å². The Bertz CT molecular complexity index is 634. The van der Waals surface area contributed by atoms with E-state index in [0.29, 0.717) is 23.1 Å². The molecule has 0 bridgehead atoms. The third-order valence-electron chi connectivity index (χ3n) is 3.93. The maximum Gasteiger partial charge on any atom is 0.190 e. The molecule has 18 heavy (non-hydrogen) atoms. The Kier molecular flexibility index (Phi) is 2.18. The average Bonchev–Trinajstić information content (AvgIpc) is 2.36. The van der Waals surface area contributed by atoms with Gasteiger partial charge < -0.3 is 0 Å². The van der Waals surface area contributed by atoms with Crippen LogP contribution in [0.3, 0.4) is 0 Å². The molecule has 1 unspecified atom stereocenters. The smallest absolute Gasteiger partial charge is 0.190 e. The lowest BCUT2D eigenvalue weighted by Crippen LogP contribution is -2.39. The van der Waals surface area contributed by atoms with Gasteiger partial charge in [0.2, 0.25) is 0 Å². The van der Waals surface area contributed by atoms with Gasteiger partial charge in [0, 0.05) is 16.7 Å². The lowest BCUT2D eigenvalue weighted by Gasteiger charge is -2.35. The van der Waals surface area contributed by atoms with Crippen LogP contribution in [-0.4, -0.2) is 11.6 Å². The van der Waals surface area contributed by atoms with Crippen LogP contribution in [0.2, 0.25) is 0 Å². The fraction of sp³-hybridized carbons (Fsp3) is 0.250. The van der Waals surface area contributed by atoms with Crippen LogP contribution in [0.1, 0.15) is 39.6 Å². The third kappa shape index (κ3) is 1.29. The van der Waals surface area contributed by atoms with Crippen molar-refractivity contribution >= 4 is 11.6 Å². The van der Waals surface area contributed by atoms with E-state index in [1.807, 2.05) is 38.1 Å². The number of ketones is 2. The average molecular weight is 238 g/mol. The van der Waals surface area contributed by atoms with Gasteiger partial charge in [0.15, 0.2) is 11.6 Å². The molecule has 0 amide bonds. The highest BCUT2D eigenvalue weighted by atomic mass is 16.1. The van der Waals surface area contributed by atoms with E-state index >= 15 is 0 Å². The van der Waals surface area contributed by atoms with Crippen LogP contribution >= 0.6 is 0 Å². The summed E-state index contributed by atoms with van der Waals surface area (Å²) in [7, 11) is 0. The lowest BCUT2D eigenvalue weighted by atomic mass is 9.64. The van der Waals surface area contributed by atoms with Gasteiger partial charge >= 0.3 is 0 Å².